The quantitative estimate of drug-likeness (QED) is 0.916. The van der Waals surface area contributed by atoms with Gasteiger partial charge in [0.1, 0.15) is 0 Å². The Hall–Kier alpha value is -2.08. The molecule has 3 rings (SSSR count). The minimum absolute atomic E-state index is 0.0720. The average molecular weight is 332 g/mol. The van der Waals surface area contributed by atoms with Crippen LogP contribution in [-0.4, -0.2) is 35.8 Å². The first-order valence-corrected chi connectivity index (χ1v) is 8.80. The summed E-state index contributed by atoms with van der Waals surface area (Å²) in [7, 11) is 0. The molecule has 122 valence electrons. The molecule has 0 aliphatic carbocycles. The number of piperidine rings is 1. The van der Waals surface area contributed by atoms with Crippen molar-refractivity contribution in [2.45, 2.75) is 31.7 Å². The largest absolute Gasteiger partial charge is 0.459 e. The minimum Gasteiger partial charge on any atom is -0.459 e. The zero-order chi connectivity index (χ0) is 16.1. The normalized spacial score (nSPS) is 15.6. The molecule has 1 aliphatic rings. The fourth-order valence-electron chi connectivity index (χ4n) is 2.78. The van der Waals surface area contributed by atoms with Crippen molar-refractivity contribution < 1.29 is 14.0 Å². The van der Waals surface area contributed by atoms with Crippen LogP contribution in [0.25, 0.3) is 0 Å². The van der Waals surface area contributed by atoms with Crippen LogP contribution in [-0.2, 0) is 11.2 Å². The van der Waals surface area contributed by atoms with Gasteiger partial charge in [0.15, 0.2) is 5.76 Å². The van der Waals surface area contributed by atoms with Crippen LogP contribution in [0.2, 0.25) is 0 Å². The second-order valence-corrected chi connectivity index (χ2v) is 6.52. The van der Waals surface area contributed by atoms with Gasteiger partial charge in [0, 0.05) is 25.6 Å². The van der Waals surface area contributed by atoms with Crippen LogP contribution in [0, 0.1) is 0 Å². The third kappa shape index (κ3) is 4.22. The Bertz CT molecular complexity index is 629. The number of carbonyl (C=O) groups is 2. The standard InChI is InChI=1S/C17H20N2O3S/c20-16(4-3-13-7-11-23-12-13)18-14-5-8-19(9-6-14)17(21)15-2-1-10-22-15/h1-2,7,10-12,14H,3-6,8-9H2,(H,18,20). The summed E-state index contributed by atoms with van der Waals surface area (Å²) in [4.78, 5) is 26.0. The number of aryl methyl sites for hydroxylation is 1. The number of nitrogens with zero attached hydrogens (tertiary/aromatic N) is 1. The lowest BCUT2D eigenvalue weighted by atomic mass is 10.0. The van der Waals surface area contributed by atoms with Gasteiger partial charge in [0.2, 0.25) is 5.91 Å². The maximum absolute atomic E-state index is 12.2. The number of furan rings is 1. The van der Waals surface area contributed by atoms with E-state index in [4.69, 9.17) is 4.42 Å². The van der Waals surface area contributed by atoms with Crippen molar-refractivity contribution in [3.05, 3.63) is 46.5 Å². The summed E-state index contributed by atoms with van der Waals surface area (Å²) in [5.41, 5.74) is 1.21. The van der Waals surface area contributed by atoms with Crippen LogP contribution >= 0.6 is 11.3 Å². The van der Waals surface area contributed by atoms with E-state index in [9.17, 15) is 9.59 Å². The lowest BCUT2D eigenvalue weighted by molar-refractivity contribution is -0.122. The molecular weight excluding hydrogens is 312 g/mol. The Morgan fingerprint density at radius 1 is 1.30 bits per heavy atom. The number of nitrogens with one attached hydrogen (secondary N) is 1. The van der Waals surface area contributed by atoms with Gasteiger partial charge in [0.25, 0.3) is 5.91 Å². The topological polar surface area (TPSA) is 62.6 Å². The zero-order valence-electron chi connectivity index (χ0n) is 12.9. The van der Waals surface area contributed by atoms with E-state index in [0.717, 1.165) is 19.3 Å². The van der Waals surface area contributed by atoms with Gasteiger partial charge in [-0.05, 0) is 53.8 Å². The van der Waals surface area contributed by atoms with Gasteiger partial charge < -0.3 is 14.6 Å². The maximum Gasteiger partial charge on any atom is 0.289 e. The van der Waals surface area contributed by atoms with Gasteiger partial charge in [-0.15, -0.1) is 0 Å². The van der Waals surface area contributed by atoms with E-state index in [0.29, 0.717) is 25.3 Å². The van der Waals surface area contributed by atoms with Crippen LogP contribution in [0.1, 0.15) is 35.4 Å². The molecular formula is C17H20N2O3S. The highest BCUT2D eigenvalue weighted by molar-refractivity contribution is 7.07. The van der Waals surface area contributed by atoms with Crippen LogP contribution in [0.15, 0.2) is 39.6 Å². The van der Waals surface area contributed by atoms with Gasteiger partial charge >= 0.3 is 0 Å². The van der Waals surface area contributed by atoms with Crippen molar-refractivity contribution >= 4 is 23.2 Å². The fraction of sp³-hybridized carbons (Fsp3) is 0.412. The van der Waals surface area contributed by atoms with Crippen molar-refractivity contribution in [2.75, 3.05) is 13.1 Å². The van der Waals surface area contributed by atoms with Gasteiger partial charge in [-0.2, -0.15) is 11.3 Å². The second-order valence-electron chi connectivity index (χ2n) is 5.74. The molecule has 0 saturated carbocycles. The molecule has 1 aliphatic heterocycles. The predicted molar refractivity (Wildman–Crippen MR) is 88.4 cm³/mol. The van der Waals surface area contributed by atoms with Crippen LogP contribution in [0.3, 0.4) is 0 Å². The third-order valence-corrected chi connectivity index (χ3v) is 4.83. The first-order chi connectivity index (χ1) is 11.2. The fourth-order valence-corrected chi connectivity index (χ4v) is 3.48. The molecule has 0 radical (unpaired) electrons. The van der Waals surface area contributed by atoms with Crippen LogP contribution in [0.4, 0.5) is 0 Å². The van der Waals surface area contributed by atoms with Gasteiger partial charge in [0.05, 0.1) is 6.26 Å². The molecule has 1 fully saturated rings. The lowest BCUT2D eigenvalue weighted by Gasteiger charge is -2.31. The Labute approximate surface area is 139 Å². The highest BCUT2D eigenvalue weighted by Gasteiger charge is 2.25. The molecule has 23 heavy (non-hydrogen) atoms. The Morgan fingerprint density at radius 3 is 2.78 bits per heavy atom. The molecule has 5 nitrogen and oxygen atoms in total. The monoisotopic (exact) mass is 332 g/mol. The SMILES string of the molecule is O=C(CCc1ccsc1)NC1CCN(C(=O)c2ccco2)CC1. The number of likely N-dealkylation sites (tertiary alicyclic amines) is 1. The molecule has 0 unspecified atom stereocenters. The Balaban J connectivity index is 1.40. The summed E-state index contributed by atoms with van der Waals surface area (Å²) in [6, 6.07) is 5.61. The number of thiophene rings is 1. The number of carbonyl (C=O) groups excluding carboxylic acids is 2. The Kier molecular flexibility index (Phi) is 5.12. The maximum atomic E-state index is 12.2. The molecule has 1 saturated heterocycles. The number of hydrogen-bond donors (Lipinski definition) is 1. The predicted octanol–water partition coefficient (Wildman–Crippen LogP) is 2.69. The van der Waals surface area contributed by atoms with E-state index in [1.54, 1.807) is 28.4 Å². The molecule has 3 heterocycles. The number of hydrogen-bond acceptors (Lipinski definition) is 4. The first kappa shape index (κ1) is 15.8. The minimum atomic E-state index is -0.0720. The summed E-state index contributed by atoms with van der Waals surface area (Å²) in [5, 5.41) is 7.18. The van der Waals surface area contributed by atoms with Crippen molar-refractivity contribution in [1.29, 1.82) is 0 Å². The molecule has 1 N–H and O–H groups in total. The smallest absolute Gasteiger partial charge is 0.289 e. The van der Waals surface area contributed by atoms with Crippen molar-refractivity contribution in [1.82, 2.24) is 10.2 Å². The second kappa shape index (κ2) is 7.46. The third-order valence-electron chi connectivity index (χ3n) is 4.10. The molecule has 0 atom stereocenters. The first-order valence-electron chi connectivity index (χ1n) is 7.85. The number of amides is 2. The van der Waals surface area contributed by atoms with Gasteiger partial charge in [-0.25, -0.2) is 0 Å². The molecule has 0 aromatic carbocycles. The lowest BCUT2D eigenvalue weighted by Crippen LogP contribution is -2.46. The van der Waals surface area contributed by atoms with E-state index in [2.05, 4.69) is 16.8 Å². The molecule has 0 bridgehead atoms. The molecule has 0 spiro atoms. The number of rotatable bonds is 5. The van der Waals surface area contributed by atoms with Crippen molar-refractivity contribution in [3.63, 3.8) is 0 Å². The summed E-state index contributed by atoms with van der Waals surface area (Å²) in [6.07, 6.45) is 4.38. The van der Waals surface area contributed by atoms with E-state index in [1.807, 2.05) is 5.38 Å². The Morgan fingerprint density at radius 2 is 2.13 bits per heavy atom. The summed E-state index contributed by atoms with van der Waals surface area (Å²) in [5.74, 6) is 0.396. The van der Waals surface area contributed by atoms with Crippen LogP contribution in [0.5, 0.6) is 0 Å². The summed E-state index contributed by atoms with van der Waals surface area (Å²) in [6.45, 7) is 1.30. The molecule has 6 heteroatoms. The zero-order valence-corrected chi connectivity index (χ0v) is 13.7. The van der Waals surface area contributed by atoms with E-state index in [1.165, 1.54) is 11.8 Å². The van der Waals surface area contributed by atoms with E-state index < -0.39 is 0 Å². The summed E-state index contributed by atoms with van der Waals surface area (Å²) >= 11 is 1.65. The molecule has 2 amide bonds. The van der Waals surface area contributed by atoms with E-state index in [-0.39, 0.29) is 17.9 Å². The van der Waals surface area contributed by atoms with Crippen molar-refractivity contribution in [2.24, 2.45) is 0 Å². The van der Waals surface area contributed by atoms with Crippen LogP contribution < -0.4 is 5.32 Å². The highest BCUT2D eigenvalue weighted by Crippen LogP contribution is 2.15. The highest BCUT2D eigenvalue weighted by atomic mass is 32.1. The van der Waals surface area contributed by atoms with E-state index >= 15 is 0 Å². The molecule has 2 aromatic heterocycles. The summed E-state index contributed by atoms with van der Waals surface area (Å²) < 4.78 is 5.15. The van der Waals surface area contributed by atoms with Gasteiger partial charge in [-0.3, -0.25) is 9.59 Å². The van der Waals surface area contributed by atoms with Crippen molar-refractivity contribution in [3.8, 4) is 0 Å². The molecule has 2 aromatic rings. The van der Waals surface area contributed by atoms with Gasteiger partial charge in [-0.1, -0.05) is 0 Å². The average Bonchev–Trinajstić information content (AvgIpc) is 3.26.